The van der Waals surface area contributed by atoms with Crippen molar-refractivity contribution in [2.75, 3.05) is 18.9 Å². The molecular formula is C21H25N3O4S. The molecule has 0 aliphatic heterocycles. The third kappa shape index (κ3) is 4.37. The van der Waals surface area contributed by atoms with Gasteiger partial charge in [-0.05, 0) is 24.3 Å². The van der Waals surface area contributed by atoms with Gasteiger partial charge in [-0.15, -0.1) is 0 Å². The fourth-order valence-corrected chi connectivity index (χ4v) is 4.28. The van der Waals surface area contributed by atoms with Crippen molar-refractivity contribution < 1.29 is 17.9 Å². The molecule has 7 nitrogen and oxygen atoms in total. The molecule has 0 aliphatic carbocycles. The zero-order valence-corrected chi connectivity index (χ0v) is 17.9. The highest BCUT2D eigenvalue weighted by Gasteiger charge is 2.30. The van der Waals surface area contributed by atoms with Crippen molar-refractivity contribution in [2.24, 2.45) is 0 Å². The Morgan fingerprint density at radius 1 is 0.966 bits per heavy atom. The number of nitrogens with zero attached hydrogens (tertiary/aromatic N) is 2. The summed E-state index contributed by atoms with van der Waals surface area (Å²) in [6.45, 7) is 5.79. The van der Waals surface area contributed by atoms with Gasteiger partial charge in [-0.3, -0.25) is 4.72 Å². The molecule has 154 valence electrons. The topological polar surface area (TPSA) is 82.5 Å². The maximum absolute atomic E-state index is 13.2. The largest absolute Gasteiger partial charge is 0.493 e. The lowest BCUT2D eigenvalue weighted by Gasteiger charge is -2.18. The predicted octanol–water partition coefficient (Wildman–Crippen LogP) is 3.99. The summed E-state index contributed by atoms with van der Waals surface area (Å²) in [5, 5.41) is 4.57. The van der Waals surface area contributed by atoms with Crippen LogP contribution in [0.3, 0.4) is 0 Å². The summed E-state index contributed by atoms with van der Waals surface area (Å²) in [5.74, 6) is 0.950. The molecule has 3 aromatic rings. The van der Waals surface area contributed by atoms with Crippen molar-refractivity contribution in [3.63, 3.8) is 0 Å². The number of hydrogen-bond acceptors (Lipinski definition) is 5. The van der Waals surface area contributed by atoms with Gasteiger partial charge in [0, 0.05) is 11.5 Å². The van der Waals surface area contributed by atoms with Crippen molar-refractivity contribution in [1.82, 2.24) is 9.78 Å². The Hall–Kier alpha value is -3.00. The molecule has 0 fully saturated rings. The van der Waals surface area contributed by atoms with Crippen LogP contribution in [0.4, 0.5) is 5.69 Å². The molecule has 0 radical (unpaired) electrons. The zero-order valence-electron chi connectivity index (χ0n) is 17.1. The van der Waals surface area contributed by atoms with Gasteiger partial charge < -0.3 is 9.47 Å². The van der Waals surface area contributed by atoms with E-state index in [2.05, 4.69) is 9.82 Å². The number of aromatic nitrogens is 2. The first-order valence-electron chi connectivity index (χ1n) is 9.06. The summed E-state index contributed by atoms with van der Waals surface area (Å²) < 4.78 is 41.1. The SMILES string of the molecule is COc1ccc(NS(=O)(=O)c2cn(-c3ccccc3)nc2C(C)(C)C)cc1OC. The first-order valence-corrected chi connectivity index (χ1v) is 10.5. The third-order valence-electron chi connectivity index (χ3n) is 4.34. The Labute approximate surface area is 171 Å². The molecule has 3 rings (SSSR count). The lowest BCUT2D eigenvalue weighted by Crippen LogP contribution is -2.20. The van der Waals surface area contributed by atoms with E-state index < -0.39 is 15.4 Å². The van der Waals surface area contributed by atoms with Gasteiger partial charge in [0.05, 0.1) is 37.5 Å². The summed E-state index contributed by atoms with van der Waals surface area (Å²) in [6.07, 6.45) is 1.54. The molecule has 0 atom stereocenters. The molecule has 0 unspecified atom stereocenters. The predicted molar refractivity (Wildman–Crippen MR) is 113 cm³/mol. The van der Waals surface area contributed by atoms with Gasteiger partial charge in [-0.25, -0.2) is 13.1 Å². The number of methoxy groups -OCH3 is 2. The van der Waals surface area contributed by atoms with E-state index in [0.717, 1.165) is 5.69 Å². The minimum absolute atomic E-state index is 0.128. The highest BCUT2D eigenvalue weighted by Crippen LogP contribution is 2.33. The average molecular weight is 416 g/mol. The van der Waals surface area contributed by atoms with Crippen molar-refractivity contribution in [3.8, 4) is 17.2 Å². The first kappa shape index (κ1) is 20.7. The van der Waals surface area contributed by atoms with Crippen molar-refractivity contribution >= 4 is 15.7 Å². The van der Waals surface area contributed by atoms with E-state index in [-0.39, 0.29) is 4.90 Å². The van der Waals surface area contributed by atoms with Crippen molar-refractivity contribution in [2.45, 2.75) is 31.1 Å². The molecule has 0 aliphatic rings. The molecule has 0 saturated carbocycles. The molecule has 8 heteroatoms. The van der Waals surface area contributed by atoms with Gasteiger partial charge in [0.1, 0.15) is 4.90 Å². The van der Waals surface area contributed by atoms with Crippen LogP contribution in [0.2, 0.25) is 0 Å². The third-order valence-corrected chi connectivity index (χ3v) is 5.72. The molecule has 2 aromatic carbocycles. The number of benzene rings is 2. The molecule has 0 saturated heterocycles. The number of ether oxygens (including phenoxy) is 2. The van der Waals surface area contributed by atoms with Crippen LogP contribution >= 0.6 is 0 Å². The van der Waals surface area contributed by atoms with E-state index >= 15 is 0 Å². The Kier molecular flexibility index (Phi) is 5.57. The number of para-hydroxylation sites is 1. The second-order valence-corrected chi connectivity index (χ2v) is 9.20. The van der Waals surface area contributed by atoms with E-state index in [9.17, 15) is 8.42 Å². The van der Waals surface area contributed by atoms with Gasteiger partial charge in [-0.2, -0.15) is 5.10 Å². The van der Waals surface area contributed by atoms with E-state index in [4.69, 9.17) is 9.47 Å². The standard InChI is InChI=1S/C21H25N3O4S/c1-21(2,3)20-19(14-24(22-20)16-9-7-6-8-10-16)29(25,26)23-15-11-12-17(27-4)18(13-15)28-5/h6-14,23H,1-5H3. The Balaban J connectivity index is 2.05. The molecule has 0 amide bonds. The van der Waals surface area contributed by atoms with E-state index in [1.54, 1.807) is 29.1 Å². The summed E-state index contributed by atoms with van der Waals surface area (Å²) in [5.41, 5.74) is 1.16. The maximum Gasteiger partial charge on any atom is 0.265 e. The van der Waals surface area contributed by atoms with E-state index in [0.29, 0.717) is 22.9 Å². The van der Waals surface area contributed by atoms with Crippen molar-refractivity contribution in [1.29, 1.82) is 0 Å². The molecule has 29 heavy (non-hydrogen) atoms. The number of hydrogen-bond donors (Lipinski definition) is 1. The van der Waals surface area contributed by atoms with E-state index in [1.807, 2.05) is 51.1 Å². The number of anilines is 1. The van der Waals surface area contributed by atoms with Crippen LogP contribution in [-0.4, -0.2) is 32.4 Å². The Morgan fingerprint density at radius 2 is 1.62 bits per heavy atom. The second-order valence-electron chi connectivity index (χ2n) is 7.55. The van der Waals surface area contributed by atoms with E-state index in [1.165, 1.54) is 14.2 Å². The van der Waals surface area contributed by atoms with Gasteiger partial charge in [-0.1, -0.05) is 39.0 Å². The number of rotatable bonds is 6. The highest BCUT2D eigenvalue weighted by molar-refractivity contribution is 7.92. The summed E-state index contributed by atoms with van der Waals surface area (Å²) >= 11 is 0. The quantitative estimate of drug-likeness (QED) is 0.658. The van der Waals surface area contributed by atoms with Crippen LogP contribution in [0.25, 0.3) is 5.69 Å². The molecule has 0 spiro atoms. The van der Waals surface area contributed by atoms with Crippen LogP contribution in [0.5, 0.6) is 11.5 Å². The van der Waals surface area contributed by atoms with Crippen LogP contribution in [-0.2, 0) is 15.4 Å². The van der Waals surface area contributed by atoms with Crippen LogP contribution in [0.15, 0.2) is 59.6 Å². The lowest BCUT2D eigenvalue weighted by atomic mass is 9.92. The summed E-state index contributed by atoms with van der Waals surface area (Å²) in [7, 11) is -0.868. The minimum atomic E-state index is -3.89. The lowest BCUT2D eigenvalue weighted by molar-refractivity contribution is 0.355. The molecule has 1 aromatic heterocycles. The van der Waals surface area contributed by atoms with Gasteiger partial charge in [0.25, 0.3) is 10.0 Å². The van der Waals surface area contributed by atoms with Crippen molar-refractivity contribution in [3.05, 3.63) is 60.4 Å². The second kappa shape index (κ2) is 7.79. The maximum atomic E-state index is 13.2. The Morgan fingerprint density at radius 3 is 2.21 bits per heavy atom. The molecular weight excluding hydrogens is 390 g/mol. The molecule has 1 N–H and O–H groups in total. The smallest absolute Gasteiger partial charge is 0.265 e. The zero-order chi connectivity index (χ0) is 21.2. The van der Waals surface area contributed by atoms with Crippen LogP contribution < -0.4 is 14.2 Å². The number of nitrogens with one attached hydrogen (secondary N) is 1. The normalized spacial score (nSPS) is 11.9. The van der Waals surface area contributed by atoms with Gasteiger partial charge in [0.2, 0.25) is 0 Å². The van der Waals surface area contributed by atoms with Gasteiger partial charge in [0.15, 0.2) is 11.5 Å². The monoisotopic (exact) mass is 415 g/mol. The average Bonchev–Trinajstić information content (AvgIpc) is 3.15. The number of sulfonamides is 1. The Bertz CT molecular complexity index is 1100. The summed E-state index contributed by atoms with van der Waals surface area (Å²) in [6, 6.07) is 14.2. The van der Waals surface area contributed by atoms with Gasteiger partial charge >= 0.3 is 0 Å². The molecule has 1 heterocycles. The highest BCUT2D eigenvalue weighted by atomic mass is 32.2. The first-order chi connectivity index (χ1) is 13.7. The minimum Gasteiger partial charge on any atom is -0.493 e. The van der Waals surface area contributed by atoms with Crippen LogP contribution in [0.1, 0.15) is 26.5 Å². The summed E-state index contributed by atoms with van der Waals surface area (Å²) in [4.78, 5) is 0.128. The van der Waals surface area contributed by atoms with Crippen LogP contribution in [0, 0.1) is 0 Å². The fraction of sp³-hybridized carbons (Fsp3) is 0.286. The fourth-order valence-electron chi connectivity index (χ4n) is 2.90. The molecule has 0 bridgehead atoms.